The number of likely N-dealkylation sites (tertiary alicyclic amines) is 1. The summed E-state index contributed by atoms with van der Waals surface area (Å²) in [5, 5.41) is 11.4. The third-order valence-corrected chi connectivity index (χ3v) is 4.93. The van der Waals surface area contributed by atoms with Gasteiger partial charge in [-0.25, -0.2) is 4.68 Å². The molecule has 0 bridgehead atoms. The number of aromatic nitrogens is 4. The van der Waals surface area contributed by atoms with Gasteiger partial charge in [0, 0.05) is 43.1 Å². The minimum Gasteiger partial charge on any atom is -0.388 e. The average molecular weight is 350 g/mol. The number of aryl methyl sites for hydroxylation is 1. The fourth-order valence-electron chi connectivity index (χ4n) is 3.54. The molecule has 1 saturated heterocycles. The maximum absolute atomic E-state index is 12.7. The number of para-hydroxylation sites is 1. The zero-order valence-electron chi connectivity index (χ0n) is 15.0. The molecule has 0 aliphatic carbocycles. The van der Waals surface area contributed by atoms with E-state index in [9.17, 15) is 4.79 Å². The molecule has 4 rings (SSSR count). The van der Waals surface area contributed by atoms with Gasteiger partial charge in [0.05, 0.1) is 5.52 Å². The molecule has 1 aliphatic heterocycles. The highest BCUT2D eigenvalue weighted by molar-refractivity contribution is 5.80. The van der Waals surface area contributed by atoms with Gasteiger partial charge in [-0.05, 0) is 37.6 Å². The normalized spacial score (nSPS) is 17.0. The molecular weight excluding hydrogens is 328 g/mol. The summed E-state index contributed by atoms with van der Waals surface area (Å²) >= 11 is 0. The second-order valence-electron chi connectivity index (χ2n) is 6.73. The first-order valence-electron chi connectivity index (χ1n) is 8.86. The lowest BCUT2D eigenvalue weighted by molar-refractivity contribution is -0.130. The molecule has 7 nitrogen and oxygen atoms in total. The highest BCUT2D eigenvalue weighted by atomic mass is 16.2. The van der Waals surface area contributed by atoms with Gasteiger partial charge in [-0.15, -0.1) is 5.10 Å². The topological polar surface area (TPSA) is 75.9 Å². The molecule has 1 N–H and O–H groups in total. The molecule has 1 fully saturated rings. The van der Waals surface area contributed by atoms with Crippen LogP contribution in [0.1, 0.15) is 23.7 Å². The molecule has 0 spiro atoms. The second-order valence-corrected chi connectivity index (χ2v) is 6.73. The minimum absolute atomic E-state index is 0.0737. The lowest BCUT2D eigenvalue weighted by atomic mass is 10.0. The van der Waals surface area contributed by atoms with E-state index in [-0.39, 0.29) is 18.4 Å². The van der Waals surface area contributed by atoms with Crippen molar-refractivity contribution in [3.05, 3.63) is 47.8 Å². The minimum atomic E-state index is 0.0737. The van der Waals surface area contributed by atoms with Crippen LogP contribution in [-0.4, -0.2) is 50.9 Å². The quantitative estimate of drug-likeness (QED) is 0.781. The number of carbonyl (C=O) groups is 1. The van der Waals surface area contributed by atoms with Crippen LogP contribution in [0.4, 0.5) is 5.69 Å². The molecular formula is C19H22N6O. The Morgan fingerprint density at radius 1 is 1.31 bits per heavy atom. The van der Waals surface area contributed by atoms with Crippen LogP contribution in [0, 0.1) is 6.92 Å². The van der Waals surface area contributed by atoms with E-state index in [0.29, 0.717) is 6.54 Å². The zero-order valence-corrected chi connectivity index (χ0v) is 15.0. The molecule has 1 unspecified atom stereocenters. The number of fused-ring (bicyclic) bond motifs is 1. The Bertz CT molecular complexity index is 950. The number of amides is 1. The molecule has 0 saturated carbocycles. The van der Waals surface area contributed by atoms with Crippen molar-refractivity contribution in [2.24, 2.45) is 0 Å². The van der Waals surface area contributed by atoms with Crippen LogP contribution in [0.5, 0.6) is 0 Å². The Kier molecular flexibility index (Phi) is 4.28. The highest BCUT2D eigenvalue weighted by Gasteiger charge is 2.29. The molecule has 1 aliphatic rings. The smallest absolute Gasteiger partial charge is 0.244 e. The van der Waals surface area contributed by atoms with Crippen LogP contribution in [0.15, 0.2) is 36.4 Å². The van der Waals surface area contributed by atoms with Crippen molar-refractivity contribution in [1.29, 1.82) is 0 Å². The Labute approximate surface area is 152 Å². The predicted molar refractivity (Wildman–Crippen MR) is 100.0 cm³/mol. The summed E-state index contributed by atoms with van der Waals surface area (Å²) in [6.45, 7) is 3.67. The van der Waals surface area contributed by atoms with Crippen molar-refractivity contribution in [1.82, 2.24) is 24.9 Å². The fraction of sp³-hybridized carbons (Fsp3) is 0.368. The first-order chi connectivity index (χ1) is 12.6. The number of carbonyl (C=O) groups excluding carboxylic acids is 1. The predicted octanol–water partition coefficient (Wildman–Crippen LogP) is 2.19. The van der Waals surface area contributed by atoms with Gasteiger partial charge >= 0.3 is 0 Å². The van der Waals surface area contributed by atoms with E-state index in [0.717, 1.165) is 41.1 Å². The number of benzene rings is 1. The van der Waals surface area contributed by atoms with Crippen LogP contribution in [0.2, 0.25) is 0 Å². The number of nitrogens with one attached hydrogen (secondary N) is 1. The summed E-state index contributed by atoms with van der Waals surface area (Å²) < 4.78 is 1.68. The van der Waals surface area contributed by atoms with Crippen molar-refractivity contribution in [3.8, 4) is 0 Å². The maximum Gasteiger partial charge on any atom is 0.244 e. The van der Waals surface area contributed by atoms with Crippen molar-refractivity contribution in [3.63, 3.8) is 0 Å². The lowest BCUT2D eigenvalue weighted by Crippen LogP contribution is -2.32. The summed E-state index contributed by atoms with van der Waals surface area (Å²) in [5.41, 5.74) is 4.80. The third kappa shape index (κ3) is 3.12. The van der Waals surface area contributed by atoms with Gasteiger partial charge in [-0.3, -0.25) is 9.78 Å². The van der Waals surface area contributed by atoms with E-state index in [1.54, 1.807) is 4.68 Å². The van der Waals surface area contributed by atoms with E-state index >= 15 is 0 Å². The van der Waals surface area contributed by atoms with Crippen LogP contribution >= 0.6 is 0 Å². The van der Waals surface area contributed by atoms with Gasteiger partial charge in [-0.2, -0.15) is 0 Å². The number of hydrogen-bond acceptors (Lipinski definition) is 5. The Morgan fingerprint density at radius 2 is 2.15 bits per heavy atom. The molecule has 134 valence electrons. The molecule has 3 heterocycles. The summed E-state index contributed by atoms with van der Waals surface area (Å²) in [6, 6.07) is 11.8. The zero-order chi connectivity index (χ0) is 18.1. The number of hydrogen-bond donors (Lipinski definition) is 1. The molecule has 26 heavy (non-hydrogen) atoms. The summed E-state index contributed by atoms with van der Waals surface area (Å²) in [7, 11) is 1.91. The standard InChI is InChI=1S/C19H22N6O/c1-13-9-15(20-2)10-17(21-13)14-7-8-24(11-14)19(26)12-25-18-6-4-3-5-16(18)22-23-25/h3-6,9-10,14H,7-8,11-12H2,1-2H3,(H,20,21). The third-order valence-electron chi connectivity index (χ3n) is 4.93. The Hall–Kier alpha value is -2.96. The molecule has 1 atom stereocenters. The average Bonchev–Trinajstić information content (AvgIpc) is 3.29. The monoisotopic (exact) mass is 350 g/mol. The van der Waals surface area contributed by atoms with Crippen LogP contribution < -0.4 is 5.32 Å². The second kappa shape index (κ2) is 6.74. The molecule has 1 aromatic carbocycles. The molecule has 2 aromatic heterocycles. The first-order valence-corrected chi connectivity index (χ1v) is 8.86. The van der Waals surface area contributed by atoms with Crippen molar-refractivity contribution in [2.45, 2.75) is 25.8 Å². The first kappa shape index (κ1) is 16.5. The van der Waals surface area contributed by atoms with E-state index in [1.165, 1.54) is 0 Å². The van der Waals surface area contributed by atoms with Gasteiger partial charge in [-0.1, -0.05) is 17.3 Å². The number of anilines is 1. The van der Waals surface area contributed by atoms with Gasteiger partial charge in [0.2, 0.25) is 5.91 Å². The van der Waals surface area contributed by atoms with Crippen LogP contribution in [0.25, 0.3) is 11.0 Å². The Morgan fingerprint density at radius 3 is 3.00 bits per heavy atom. The summed E-state index contributed by atoms with van der Waals surface area (Å²) in [4.78, 5) is 19.3. The van der Waals surface area contributed by atoms with Crippen LogP contribution in [-0.2, 0) is 11.3 Å². The van der Waals surface area contributed by atoms with E-state index < -0.39 is 0 Å². The van der Waals surface area contributed by atoms with Gasteiger partial charge in [0.1, 0.15) is 12.1 Å². The molecule has 3 aromatic rings. The Balaban J connectivity index is 1.46. The lowest BCUT2D eigenvalue weighted by Gasteiger charge is -2.17. The molecule has 0 radical (unpaired) electrons. The van der Waals surface area contributed by atoms with E-state index in [2.05, 4.69) is 26.7 Å². The molecule has 7 heteroatoms. The van der Waals surface area contributed by atoms with Crippen molar-refractivity contribution >= 4 is 22.6 Å². The maximum atomic E-state index is 12.7. The van der Waals surface area contributed by atoms with Gasteiger partial charge in [0.25, 0.3) is 0 Å². The fourth-order valence-corrected chi connectivity index (χ4v) is 3.54. The summed E-state index contributed by atoms with van der Waals surface area (Å²) in [5.74, 6) is 0.350. The summed E-state index contributed by atoms with van der Waals surface area (Å²) in [6.07, 6.45) is 0.934. The van der Waals surface area contributed by atoms with Crippen molar-refractivity contribution in [2.75, 3.05) is 25.5 Å². The van der Waals surface area contributed by atoms with Crippen molar-refractivity contribution < 1.29 is 4.79 Å². The molecule has 1 amide bonds. The number of nitrogens with zero attached hydrogens (tertiary/aromatic N) is 5. The number of pyridine rings is 1. The van der Waals surface area contributed by atoms with E-state index in [4.69, 9.17) is 0 Å². The van der Waals surface area contributed by atoms with Gasteiger partial charge in [0.15, 0.2) is 0 Å². The van der Waals surface area contributed by atoms with E-state index in [1.807, 2.05) is 49.2 Å². The van der Waals surface area contributed by atoms with Gasteiger partial charge < -0.3 is 10.2 Å². The highest BCUT2D eigenvalue weighted by Crippen LogP contribution is 2.28. The van der Waals surface area contributed by atoms with Crippen LogP contribution in [0.3, 0.4) is 0 Å². The largest absolute Gasteiger partial charge is 0.388 e. The SMILES string of the molecule is CNc1cc(C)nc(C2CCN(C(=O)Cn3nnc4ccccc43)C2)c1. The number of rotatable bonds is 4.